The zero-order valence-electron chi connectivity index (χ0n) is 41.4. The van der Waals surface area contributed by atoms with E-state index in [9.17, 15) is 63.1 Å². The first-order valence-corrected chi connectivity index (χ1v) is 30.2. The Morgan fingerprint density at radius 3 is 1.30 bits per heavy atom. The number of carbonyl (C=O) groups is 2. The quantitative estimate of drug-likeness (QED) is 0.0122. The van der Waals surface area contributed by atoms with Crippen molar-refractivity contribution in [3.63, 3.8) is 0 Å². The summed E-state index contributed by atoms with van der Waals surface area (Å²) in [4.78, 5) is 73.3. The van der Waals surface area contributed by atoms with Crippen LogP contribution in [0.4, 0.5) is 0 Å². The largest absolute Gasteiger partial charge is 0.472 e. The van der Waals surface area contributed by atoms with E-state index in [1.54, 1.807) is 0 Å². The smallest absolute Gasteiger partial charge is 0.462 e. The molecule has 69 heavy (non-hydrogen) atoms. The molecule has 0 amide bonds. The van der Waals surface area contributed by atoms with Crippen LogP contribution in [0.5, 0.6) is 0 Å². The van der Waals surface area contributed by atoms with Gasteiger partial charge in [0.15, 0.2) is 6.10 Å². The van der Waals surface area contributed by atoms with Crippen molar-refractivity contribution in [2.45, 2.75) is 249 Å². The lowest BCUT2D eigenvalue weighted by Gasteiger charge is -2.44. The van der Waals surface area contributed by atoms with Gasteiger partial charge >= 0.3 is 35.4 Å². The first kappa shape index (κ1) is 65.6. The molecular weight excluding hydrogens is 961 g/mol. The molecule has 0 aromatic rings. The Bertz CT molecular complexity index is 1540. The lowest BCUT2D eigenvalue weighted by Crippen LogP contribution is -2.65. The lowest BCUT2D eigenvalue weighted by atomic mass is 9.85. The van der Waals surface area contributed by atoms with Gasteiger partial charge in [-0.15, -0.1) is 0 Å². The molecule has 406 valence electrons. The Hall–Kier alpha value is -1.37. The minimum atomic E-state index is -5.60. The van der Waals surface area contributed by atoms with E-state index in [1.807, 2.05) is 0 Å². The van der Waals surface area contributed by atoms with Crippen molar-refractivity contribution >= 4 is 35.4 Å². The van der Waals surface area contributed by atoms with Gasteiger partial charge < -0.3 is 49.3 Å². The number of allylic oxidation sites excluding steroid dienone is 4. The highest BCUT2D eigenvalue weighted by molar-refractivity contribution is 7.47. The Morgan fingerprint density at radius 2 is 0.841 bits per heavy atom. The van der Waals surface area contributed by atoms with Crippen LogP contribution in [0.1, 0.15) is 206 Å². The summed E-state index contributed by atoms with van der Waals surface area (Å²) in [6.45, 7) is 2.94. The zero-order valence-corrected chi connectivity index (χ0v) is 44.1. The van der Waals surface area contributed by atoms with Gasteiger partial charge in [-0.1, -0.05) is 173 Å². The van der Waals surface area contributed by atoms with Crippen molar-refractivity contribution in [1.82, 2.24) is 0 Å². The molecule has 8 atom stereocenters. The molecule has 22 heteroatoms. The molecule has 0 aromatic heterocycles. The molecule has 1 rings (SSSR count). The van der Waals surface area contributed by atoms with Crippen LogP contribution < -0.4 is 0 Å². The van der Waals surface area contributed by atoms with Crippen LogP contribution in [0.2, 0.25) is 0 Å². The van der Waals surface area contributed by atoms with Gasteiger partial charge in [0.05, 0.1) is 6.61 Å². The number of hydrogen-bond acceptors (Lipinski definition) is 14. The number of unbranched alkanes of at least 4 members (excludes halogenated alkanes) is 24. The fourth-order valence-electron chi connectivity index (χ4n) is 7.91. The fourth-order valence-corrected chi connectivity index (χ4v) is 10.0. The van der Waals surface area contributed by atoms with Crippen molar-refractivity contribution in [3.8, 4) is 0 Å². The van der Waals surface area contributed by atoms with E-state index < -0.39 is 91.3 Å². The van der Waals surface area contributed by atoms with Gasteiger partial charge in [-0.05, 0) is 44.9 Å². The van der Waals surface area contributed by atoms with Crippen LogP contribution in [0.3, 0.4) is 0 Å². The maximum atomic E-state index is 13.1. The molecule has 0 radical (unpaired) electrons. The lowest BCUT2D eigenvalue weighted by molar-refractivity contribution is -0.213. The minimum Gasteiger partial charge on any atom is -0.462 e. The molecule has 0 saturated heterocycles. The Kier molecular flexibility index (Phi) is 37.2. The maximum absolute atomic E-state index is 13.1. The molecule has 8 N–H and O–H groups in total. The number of carbonyl (C=O) groups excluding carboxylic acids is 2. The molecule has 0 aliphatic heterocycles. The maximum Gasteiger partial charge on any atom is 0.472 e. The molecule has 0 spiro atoms. The van der Waals surface area contributed by atoms with E-state index in [2.05, 4.69) is 47.2 Å². The third-order valence-electron chi connectivity index (χ3n) is 11.8. The summed E-state index contributed by atoms with van der Waals surface area (Å²) < 4.78 is 65.6. The average molecular weight is 1050 g/mol. The van der Waals surface area contributed by atoms with Crippen LogP contribution in [0.25, 0.3) is 0 Å². The van der Waals surface area contributed by atoms with E-state index in [0.717, 1.165) is 83.5 Å². The van der Waals surface area contributed by atoms with Crippen molar-refractivity contribution in [1.29, 1.82) is 0 Å². The summed E-state index contributed by atoms with van der Waals surface area (Å²) in [6.07, 6.45) is 23.2. The summed E-state index contributed by atoms with van der Waals surface area (Å²) in [5.74, 6) is -1.30. The van der Waals surface area contributed by atoms with E-state index in [0.29, 0.717) is 12.8 Å². The summed E-state index contributed by atoms with van der Waals surface area (Å²) >= 11 is 0. The van der Waals surface area contributed by atoms with E-state index >= 15 is 0 Å². The van der Waals surface area contributed by atoms with Crippen LogP contribution in [0.15, 0.2) is 24.3 Å². The molecule has 1 fully saturated rings. The summed E-state index contributed by atoms with van der Waals surface area (Å²) in [5.41, 5.74) is 0. The Morgan fingerprint density at radius 1 is 0.464 bits per heavy atom. The first-order chi connectivity index (χ1) is 32.8. The SMILES string of the molecule is CCCCC/C=C\C/C=C\CCCCCCCCCC(=O)O[C@H](COC(=O)CCCCCCCCCCCCCCCCC)COP(=O)(O)O[C@H]1C(O)C(O)C(OP(=O)(O)O)[C@@H](OP(=O)(O)O)C1O. The number of aliphatic hydroxyl groups is 3. The molecule has 1 saturated carbocycles. The Labute approximate surface area is 411 Å². The molecule has 19 nitrogen and oxygen atoms in total. The van der Waals surface area contributed by atoms with E-state index in [1.165, 1.54) is 83.5 Å². The first-order valence-electron chi connectivity index (χ1n) is 25.6. The highest BCUT2D eigenvalue weighted by atomic mass is 31.2. The highest BCUT2D eigenvalue weighted by Gasteiger charge is 2.56. The number of phosphoric ester groups is 3. The zero-order chi connectivity index (χ0) is 51.4. The second-order valence-corrected chi connectivity index (χ2v) is 21.9. The van der Waals surface area contributed by atoms with Crippen LogP contribution in [0, 0.1) is 0 Å². The van der Waals surface area contributed by atoms with E-state index in [4.69, 9.17) is 18.5 Å². The van der Waals surface area contributed by atoms with Gasteiger partial charge in [-0.3, -0.25) is 27.7 Å². The van der Waals surface area contributed by atoms with Crippen LogP contribution in [-0.2, 0) is 50.9 Å². The van der Waals surface area contributed by atoms with Crippen molar-refractivity contribution in [2.75, 3.05) is 13.2 Å². The highest BCUT2D eigenvalue weighted by Crippen LogP contribution is 2.51. The van der Waals surface area contributed by atoms with Gasteiger partial charge in [0.25, 0.3) is 0 Å². The van der Waals surface area contributed by atoms with Crippen molar-refractivity contribution in [3.05, 3.63) is 24.3 Å². The topological polar surface area (TPSA) is 303 Å². The summed E-state index contributed by atoms with van der Waals surface area (Å²) in [6, 6.07) is 0. The van der Waals surface area contributed by atoms with Gasteiger partial charge in [-0.25, -0.2) is 13.7 Å². The molecule has 0 bridgehead atoms. The van der Waals surface area contributed by atoms with Crippen LogP contribution >= 0.6 is 23.5 Å². The molecule has 1 aliphatic rings. The number of hydrogen-bond donors (Lipinski definition) is 8. The van der Waals surface area contributed by atoms with Gasteiger partial charge in [0.2, 0.25) is 0 Å². The summed E-state index contributed by atoms with van der Waals surface area (Å²) in [5, 5.41) is 31.9. The fraction of sp³-hybridized carbons (Fsp3) is 0.872. The van der Waals surface area contributed by atoms with Crippen molar-refractivity contribution < 1.29 is 90.6 Å². The number of rotatable bonds is 44. The monoisotopic (exact) mass is 1050 g/mol. The second kappa shape index (κ2) is 39.1. The van der Waals surface area contributed by atoms with Gasteiger partial charge in [-0.2, -0.15) is 0 Å². The number of aliphatic hydroxyl groups excluding tert-OH is 3. The second-order valence-electron chi connectivity index (χ2n) is 18.1. The minimum absolute atomic E-state index is 0.00808. The number of ether oxygens (including phenoxy) is 2. The van der Waals surface area contributed by atoms with E-state index in [-0.39, 0.29) is 12.8 Å². The average Bonchev–Trinajstić information content (AvgIpc) is 3.28. The van der Waals surface area contributed by atoms with Gasteiger partial charge in [0, 0.05) is 12.8 Å². The molecule has 0 aromatic carbocycles. The molecule has 0 heterocycles. The molecule has 1 aliphatic carbocycles. The number of esters is 2. The Balaban J connectivity index is 2.69. The predicted molar refractivity (Wildman–Crippen MR) is 261 cm³/mol. The normalized spacial score (nSPS) is 21.5. The molecular formula is C47H89O19P3. The third kappa shape index (κ3) is 35.4. The van der Waals surface area contributed by atoms with Crippen molar-refractivity contribution in [2.24, 2.45) is 0 Å². The predicted octanol–water partition coefficient (Wildman–Crippen LogP) is 9.85. The number of phosphoric acid groups is 3. The standard InChI is InChI=1S/C47H89O19P3/c1-3-5-7-9-11-13-15-17-19-20-22-24-26-28-30-32-34-36-41(49)63-39(37-61-40(48)35-33-31-29-27-25-23-21-18-16-14-12-10-8-6-4-2)38-62-69(59,60)66-45-42(50)43(51)46(64-67(53,54)55)47(44(45)52)65-68(56,57)58/h11,13,17,19,39,42-47,50-52H,3-10,12,14-16,18,20-38H2,1-2H3,(H,59,60)(H2,53,54,55)(H2,56,57,58)/b13-11-,19-17-/t39-,42?,43?,44?,45+,46?,47+/m1/s1. The van der Waals surface area contributed by atoms with Crippen LogP contribution in [-0.4, -0.2) is 108 Å². The third-order valence-corrected chi connectivity index (χ3v) is 13.8. The molecule has 5 unspecified atom stereocenters. The van der Waals surface area contributed by atoms with Gasteiger partial charge in [0.1, 0.15) is 43.2 Å². The summed E-state index contributed by atoms with van der Waals surface area (Å²) in [7, 11) is -16.6.